The van der Waals surface area contributed by atoms with Crippen molar-refractivity contribution >= 4 is 34.0 Å². The average molecular weight is 348 g/mol. The maximum absolute atomic E-state index is 12.3. The lowest BCUT2D eigenvalue weighted by Gasteiger charge is -2.17. The zero-order valence-electron chi connectivity index (χ0n) is 12.4. The molecular weight excluding hydrogens is 326 g/mol. The zero-order chi connectivity index (χ0) is 15.6. The number of nitrogens with two attached hydrogens (primary N) is 2. The molecule has 1 aromatic carbocycles. The van der Waals surface area contributed by atoms with E-state index in [4.69, 9.17) is 10.9 Å². The van der Waals surface area contributed by atoms with Gasteiger partial charge in [0.15, 0.2) is 0 Å². The van der Waals surface area contributed by atoms with Gasteiger partial charge in [-0.15, -0.1) is 12.4 Å². The molecule has 0 bridgehead atoms. The number of hydrogen-bond donors (Lipinski definition) is 3. The van der Waals surface area contributed by atoms with Crippen LogP contribution in [0.1, 0.15) is 24.8 Å². The van der Waals surface area contributed by atoms with Crippen LogP contribution in [-0.2, 0) is 14.8 Å². The third kappa shape index (κ3) is 4.19. The Balaban J connectivity index is 0.00000242. The first kappa shape index (κ1) is 18.9. The van der Waals surface area contributed by atoms with Gasteiger partial charge in [-0.25, -0.2) is 13.6 Å². The molecule has 1 amide bonds. The summed E-state index contributed by atoms with van der Waals surface area (Å²) in [4.78, 5) is 12.3. The zero-order valence-corrected chi connectivity index (χ0v) is 14.0. The Labute approximate surface area is 137 Å². The number of primary sulfonamides is 1. The van der Waals surface area contributed by atoms with E-state index < -0.39 is 10.0 Å². The maximum atomic E-state index is 12.3. The van der Waals surface area contributed by atoms with E-state index in [1.165, 1.54) is 6.07 Å². The normalized spacial score (nSPS) is 21.2. The number of carbonyl (C=O) groups is 1. The molecule has 0 radical (unpaired) electrons. The van der Waals surface area contributed by atoms with Gasteiger partial charge in [0, 0.05) is 11.6 Å². The van der Waals surface area contributed by atoms with Gasteiger partial charge in [0.25, 0.3) is 0 Å². The molecule has 2 rings (SSSR count). The lowest BCUT2D eigenvalue weighted by atomic mass is 9.95. The summed E-state index contributed by atoms with van der Waals surface area (Å²) in [6.45, 7) is 2.15. The minimum Gasteiger partial charge on any atom is -0.330 e. The predicted molar refractivity (Wildman–Crippen MR) is 88.3 cm³/mol. The number of nitrogens with one attached hydrogen (secondary N) is 1. The molecule has 1 fully saturated rings. The van der Waals surface area contributed by atoms with Crippen molar-refractivity contribution in [1.82, 2.24) is 0 Å². The molecule has 124 valence electrons. The van der Waals surface area contributed by atoms with E-state index in [-0.39, 0.29) is 35.0 Å². The van der Waals surface area contributed by atoms with Crippen molar-refractivity contribution in [3.63, 3.8) is 0 Å². The van der Waals surface area contributed by atoms with E-state index in [0.717, 1.165) is 19.3 Å². The highest BCUT2D eigenvalue weighted by Gasteiger charge is 2.32. The number of aryl methyl sites for hydroxylation is 1. The van der Waals surface area contributed by atoms with Gasteiger partial charge in [0.2, 0.25) is 15.9 Å². The second-order valence-corrected chi connectivity index (χ2v) is 7.08. The van der Waals surface area contributed by atoms with Gasteiger partial charge in [-0.05, 0) is 49.9 Å². The second kappa shape index (κ2) is 7.41. The molecule has 0 aromatic heterocycles. The van der Waals surface area contributed by atoms with Crippen LogP contribution in [0.5, 0.6) is 0 Å². The summed E-state index contributed by atoms with van der Waals surface area (Å²) in [6.07, 6.45) is 2.78. The molecule has 1 saturated carbocycles. The summed E-state index contributed by atoms with van der Waals surface area (Å²) >= 11 is 0. The molecule has 5 N–H and O–H groups in total. The van der Waals surface area contributed by atoms with Crippen LogP contribution in [-0.4, -0.2) is 20.9 Å². The summed E-state index contributed by atoms with van der Waals surface area (Å²) in [5, 5.41) is 7.94. The van der Waals surface area contributed by atoms with Crippen molar-refractivity contribution in [1.29, 1.82) is 0 Å². The van der Waals surface area contributed by atoms with Crippen molar-refractivity contribution in [3.8, 4) is 0 Å². The van der Waals surface area contributed by atoms with Gasteiger partial charge in [-0.2, -0.15) is 0 Å². The summed E-state index contributed by atoms with van der Waals surface area (Å²) in [5.41, 5.74) is 6.67. The van der Waals surface area contributed by atoms with Crippen molar-refractivity contribution in [2.24, 2.45) is 22.7 Å². The summed E-state index contributed by atoms with van der Waals surface area (Å²) in [7, 11) is -3.80. The molecule has 0 heterocycles. The van der Waals surface area contributed by atoms with Gasteiger partial charge in [-0.1, -0.05) is 12.5 Å². The van der Waals surface area contributed by atoms with Crippen molar-refractivity contribution < 1.29 is 13.2 Å². The van der Waals surface area contributed by atoms with Gasteiger partial charge in [0.05, 0.1) is 4.90 Å². The number of halogens is 1. The fourth-order valence-electron chi connectivity index (χ4n) is 2.88. The van der Waals surface area contributed by atoms with Crippen LogP contribution in [0, 0.1) is 18.8 Å². The van der Waals surface area contributed by atoms with Crippen LogP contribution in [0.2, 0.25) is 0 Å². The minimum atomic E-state index is -3.80. The highest BCUT2D eigenvalue weighted by atomic mass is 35.5. The molecule has 1 aliphatic rings. The molecule has 0 aliphatic heterocycles. The molecule has 0 spiro atoms. The Hall–Kier alpha value is -1.15. The van der Waals surface area contributed by atoms with E-state index in [9.17, 15) is 13.2 Å². The Kier molecular flexibility index (Phi) is 6.37. The van der Waals surface area contributed by atoms with Crippen molar-refractivity contribution in [3.05, 3.63) is 23.8 Å². The number of amides is 1. The summed E-state index contributed by atoms with van der Waals surface area (Å²) in [6, 6.07) is 4.70. The first-order valence-electron chi connectivity index (χ1n) is 6.97. The molecule has 2 atom stereocenters. The van der Waals surface area contributed by atoms with Gasteiger partial charge in [0.1, 0.15) is 0 Å². The fraction of sp³-hybridized carbons (Fsp3) is 0.500. The molecule has 8 heteroatoms. The largest absolute Gasteiger partial charge is 0.330 e. The van der Waals surface area contributed by atoms with Crippen molar-refractivity contribution in [2.45, 2.75) is 31.1 Å². The topological polar surface area (TPSA) is 115 Å². The van der Waals surface area contributed by atoms with Gasteiger partial charge < -0.3 is 11.1 Å². The third-order valence-corrected chi connectivity index (χ3v) is 5.11. The lowest BCUT2D eigenvalue weighted by Crippen LogP contribution is -2.29. The van der Waals surface area contributed by atoms with Crippen LogP contribution in [0.15, 0.2) is 23.1 Å². The third-order valence-electron chi connectivity index (χ3n) is 4.06. The Bertz CT molecular complexity index is 649. The minimum absolute atomic E-state index is 0. The summed E-state index contributed by atoms with van der Waals surface area (Å²) in [5.74, 6) is -0.00503. The number of carbonyl (C=O) groups excluding carboxylic acids is 1. The molecule has 1 aliphatic carbocycles. The highest BCUT2D eigenvalue weighted by Crippen LogP contribution is 2.32. The Morgan fingerprint density at radius 1 is 1.36 bits per heavy atom. The van der Waals surface area contributed by atoms with Crippen LogP contribution in [0.25, 0.3) is 0 Å². The number of anilines is 1. The van der Waals surface area contributed by atoms with E-state index in [2.05, 4.69) is 5.32 Å². The molecular formula is C14H22ClN3O3S. The standard InChI is InChI=1S/C14H21N3O3S.ClH/c1-9-5-6-11(7-13(9)21(16,19)20)17-14(18)12-4-2-3-10(12)8-15;/h5-7,10,12H,2-4,8,15H2,1H3,(H,17,18)(H2,16,19,20);1H/t10-,12-;/m1./s1. The first-order chi connectivity index (χ1) is 9.82. The smallest absolute Gasteiger partial charge is 0.238 e. The number of rotatable bonds is 4. The average Bonchev–Trinajstić information content (AvgIpc) is 2.88. The van der Waals surface area contributed by atoms with Crippen LogP contribution in [0.3, 0.4) is 0 Å². The fourth-order valence-corrected chi connectivity index (χ4v) is 3.69. The Morgan fingerprint density at radius 2 is 2.05 bits per heavy atom. The van der Waals surface area contributed by atoms with Crippen LogP contribution in [0.4, 0.5) is 5.69 Å². The predicted octanol–water partition coefficient (Wildman–Crippen LogP) is 1.38. The van der Waals surface area contributed by atoms with Crippen molar-refractivity contribution in [2.75, 3.05) is 11.9 Å². The van der Waals surface area contributed by atoms with E-state index >= 15 is 0 Å². The van der Waals surface area contributed by atoms with E-state index in [1.54, 1.807) is 19.1 Å². The molecule has 1 aromatic rings. The number of sulfonamides is 1. The molecule has 22 heavy (non-hydrogen) atoms. The van der Waals surface area contributed by atoms with E-state index in [0.29, 0.717) is 17.8 Å². The quantitative estimate of drug-likeness (QED) is 0.762. The lowest BCUT2D eigenvalue weighted by molar-refractivity contribution is -0.120. The number of benzene rings is 1. The first-order valence-corrected chi connectivity index (χ1v) is 8.52. The Morgan fingerprint density at radius 3 is 2.64 bits per heavy atom. The van der Waals surface area contributed by atoms with Crippen LogP contribution >= 0.6 is 12.4 Å². The SMILES string of the molecule is Cc1ccc(NC(=O)[C@@H]2CCC[C@@H]2CN)cc1S(N)(=O)=O.Cl. The van der Waals surface area contributed by atoms with Gasteiger partial charge in [-0.3, -0.25) is 4.79 Å². The van der Waals surface area contributed by atoms with Crippen LogP contribution < -0.4 is 16.2 Å². The molecule has 6 nitrogen and oxygen atoms in total. The summed E-state index contributed by atoms with van der Waals surface area (Å²) < 4.78 is 23.0. The maximum Gasteiger partial charge on any atom is 0.238 e. The van der Waals surface area contributed by atoms with E-state index in [1.807, 2.05) is 0 Å². The number of hydrogen-bond acceptors (Lipinski definition) is 4. The molecule has 0 saturated heterocycles. The molecule has 0 unspecified atom stereocenters. The monoisotopic (exact) mass is 347 g/mol. The highest BCUT2D eigenvalue weighted by molar-refractivity contribution is 7.89. The van der Waals surface area contributed by atoms with Gasteiger partial charge >= 0.3 is 0 Å². The second-order valence-electron chi connectivity index (χ2n) is 5.55.